The van der Waals surface area contributed by atoms with Crippen molar-refractivity contribution in [3.05, 3.63) is 52.8 Å². The van der Waals surface area contributed by atoms with E-state index in [0.717, 1.165) is 24.7 Å². The number of nitrogens with zero attached hydrogens (tertiary/aromatic N) is 3. The molecular formula is C19H24N4O. The number of fused-ring (bicyclic) bond motifs is 1. The van der Waals surface area contributed by atoms with Crippen molar-refractivity contribution in [3.8, 4) is 0 Å². The summed E-state index contributed by atoms with van der Waals surface area (Å²) < 4.78 is 1.72. The topological polar surface area (TPSA) is 50.2 Å². The monoisotopic (exact) mass is 324 g/mol. The first-order chi connectivity index (χ1) is 11.7. The van der Waals surface area contributed by atoms with Crippen molar-refractivity contribution in [3.63, 3.8) is 0 Å². The highest BCUT2D eigenvalue weighted by molar-refractivity contribution is 5.78. The molecule has 1 aromatic heterocycles. The molecule has 2 heterocycles. The first kappa shape index (κ1) is 15.4. The van der Waals surface area contributed by atoms with Crippen LogP contribution in [0.2, 0.25) is 0 Å². The van der Waals surface area contributed by atoms with Crippen molar-refractivity contribution in [1.82, 2.24) is 20.0 Å². The maximum absolute atomic E-state index is 12.0. The molecule has 0 radical (unpaired) electrons. The van der Waals surface area contributed by atoms with Crippen LogP contribution in [0.15, 0.2) is 30.5 Å². The zero-order chi connectivity index (χ0) is 16.5. The summed E-state index contributed by atoms with van der Waals surface area (Å²) in [6, 6.07) is 8.50. The minimum absolute atomic E-state index is 0.0181. The van der Waals surface area contributed by atoms with Crippen LogP contribution in [0.25, 0.3) is 0 Å². The molecular weight excluding hydrogens is 300 g/mol. The first-order valence-electron chi connectivity index (χ1n) is 8.74. The molecule has 1 saturated carbocycles. The van der Waals surface area contributed by atoms with Gasteiger partial charge in [0.15, 0.2) is 0 Å². The van der Waals surface area contributed by atoms with Gasteiger partial charge in [-0.1, -0.05) is 18.2 Å². The second-order valence-corrected chi connectivity index (χ2v) is 7.15. The molecule has 4 rings (SSSR count). The Morgan fingerprint density at radius 2 is 2.08 bits per heavy atom. The number of hydrogen-bond donors (Lipinski definition) is 1. The van der Waals surface area contributed by atoms with Crippen LogP contribution in [0.1, 0.15) is 35.2 Å². The molecule has 2 aliphatic rings. The van der Waals surface area contributed by atoms with Crippen LogP contribution in [0.5, 0.6) is 0 Å². The lowest BCUT2D eigenvalue weighted by molar-refractivity contribution is -0.120. The number of rotatable bonds is 6. The molecule has 1 aliphatic carbocycles. The van der Waals surface area contributed by atoms with Gasteiger partial charge in [0.1, 0.15) is 0 Å². The van der Waals surface area contributed by atoms with Gasteiger partial charge in [0.2, 0.25) is 5.91 Å². The standard InChI is InChI=1S/C19H24N4O/c1-22-7-6-18(21-22)9-19(24)20-10-15-4-5-16-12-23(11-14-2-3-14)13-17(16)8-15/h4-8,14H,2-3,9-13H2,1H3,(H,20,24). The highest BCUT2D eigenvalue weighted by atomic mass is 16.1. The summed E-state index contributed by atoms with van der Waals surface area (Å²) in [5.74, 6) is 0.953. The number of hydrogen-bond acceptors (Lipinski definition) is 3. The van der Waals surface area contributed by atoms with Crippen LogP contribution in [-0.2, 0) is 37.9 Å². The lowest BCUT2D eigenvalue weighted by Gasteiger charge is -2.13. The Labute approximate surface area is 142 Å². The average Bonchev–Trinajstić information content (AvgIpc) is 3.13. The molecule has 0 unspecified atom stereocenters. The van der Waals surface area contributed by atoms with E-state index in [9.17, 15) is 4.79 Å². The van der Waals surface area contributed by atoms with Crippen LogP contribution in [-0.4, -0.2) is 27.1 Å². The molecule has 24 heavy (non-hydrogen) atoms. The SMILES string of the molecule is Cn1ccc(CC(=O)NCc2ccc3c(c2)CN(CC2CC2)C3)n1. The Kier molecular flexibility index (Phi) is 4.10. The van der Waals surface area contributed by atoms with E-state index in [1.165, 1.54) is 36.1 Å². The average molecular weight is 324 g/mol. The molecule has 5 nitrogen and oxygen atoms in total. The maximum atomic E-state index is 12.0. The fourth-order valence-electron chi connectivity index (χ4n) is 3.41. The zero-order valence-corrected chi connectivity index (χ0v) is 14.2. The van der Waals surface area contributed by atoms with Gasteiger partial charge in [0.25, 0.3) is 0 Å². The van der Waals surface area contributed by atoms with Crippen molar-refractivity contribution < 1.29 is 4.79 Å². The molecule has 0 spiro atoms. The van der Waals surface area contributed by atoms with E-state index in [-0.39, 0.29) is 5.91 Å². The number of aromatic nitrogens is 2. The second kappa shape index (κ2) is 6.40. The first-order valence-corrected chi connectivity index (χ1v) is 8.74. The van der Waals surface area contributed by atoms with Gasteiger partial charge < -0.3 is 5.32 Å². The van der Waals surface area contributed by atoms with Gasteiger partial charge in [-0.15, -0.1) is 0 Å². The van der Waals surface area contributed by atoms with Gasteiger partial charge in [-0.3, -0.25) is 14.4 Å². The number of aryl methyl sites for hydroxylation is 1. The molecule has 5 heteroatoms. The molecule has 1 aromatic carbocycles. The summed E-state index contributed by atoms with van der Waals surface area (Å²) in [5, 5.41) is 7.24. The Bertz CT molecular complexity index is 748. The largest absolute Gasteiger partial charge is 0.352 e. The molecule has 0 atom stereocenters. The van der Waals surface area contributed by atoms with Crippen LogP contribution in [0.3, 0.4) is 0 Å². The molecule has 126 valence electrons. The van der Waals surface area contributed by atoms with E-state index in [1.54, 1.807) is 4.68 Å². The smallest absolute Gasteiger partial charge is 0.226 e. The number of nitrogens with one attached hydrogen (secondary N) is 1. The number of carbonyl (C=O) groups excluding carboxylic acids is 1. The predicted molar refractivity (Wildman–Crippen MR) is 92.0 cm³/mol. The van der Waals surface area contributed by atoms with E-state index in [2.05, 4.69) is 33.5 Å². The third-order valence-corrected chi connectivity index (χ3v) is 4.87. The van der Waals surface area contributed by atoms with Crippen LogP contribution < -0.4 is 5.32 Å². The van der Waals surface area contributed by atoms with Crippen LogP contribution in [0, 0.1) is 5.92 Å². The Morgan fingerprint density at radius 1 is 1.25 bits per heavy atom. The van der Waals surface area contributed by atoms with Gasteiger partial charge >= 0.3 is 0 Å². The quantitative estimate of drug-likeness (QED) is 0.884. The Balaban J connectivity index is 1.30. The maximum Gasteiger partial charge on any atom is 0.226 e. The predicted octanol–water partition coefficient (Wildman–Crippen LogP) is 2.00. The van der Waals surface area contributed by atoms with E-state index in [1.807, 2.05) is 19.3 Å². The van der Waals surface area contributed by atoms with E-state index in [0.29, 0.717) is 13.0 Å². The molecule has 1 N–H and O–H groups in total. The van der Waals surface area contributed by atoms with Crippen molar-refractivity contribution in [2.24, 2.45) is 13.0 Å². The molecule has 2 aromatic rings. The minimum Gasteiger partial charge on any atom is -0.352 e. The third kappa shape index (κ3) is 3.67. The lowest BCUT2D eigenvalue weighted by Crippen LogP contribution is -2.24. The summed E-state index contributed by atoms with van der Waals surface area (Å²) in [6.45, 7) is 3.96. The minimum atomic E-state index is 0.0181. The Hall–Kier alpha value is -2.14. The molecule has 0 bridgehead atoms. The lowest BCUT2D eigenvalue weighted by atomic mass is 10.1. The van der Waals surface area contributed by atoms with E-state index in [4.69, 9.17) is 0 Å². The fourth-order valence-corrected chi connectivity index (χ4v) is 3.41. The molecule has 1 amide bonds. The van der Waals surface area contributed by atoms with Crippen molar-refractivity contribution in [2.75, 3.05) is 6.54 Å². The fraction of sp³-hybridized carbons (Fsp3) is 0.474. The number of amides is 1. The molecule has 1 aliphatic heterocycles. The zero-order valence-electron chi connectivity index (χ0n) is 14.2. The molecule has 1 fully saturated rings. The summed E-state index contributed by atoms with van der Waals surface area (Å²) in [5.41, 5.74) is 4.85. The van der Waals surface area contributed by atoms with Crippen LogP contribution in [0.4, 0.5) is 0 Å². The van der Waals surface area contributed by atoms with Gasteiger partial charge in [-0.2, -0.15) is 5.10 Å². The van der Waals surface area contributed by atoms with E-state index >= 15 is 0 Å². The number of benzene rings is 1. The summed E-state index contributed by atoms with van der Waals surface area (Å²) in [4.78, 5) is 14.6. The van der Waals surface area contributed by atoms with Gasteiger partial charge in [-0.25, -0.2) is 0 Å². The highest BCUT2D eigenvalue weighted by Gasteiger charge is 2.27. The van der Waals surface area contributed by atoms with Crippen LogP contribution >= 0.6 is 0 Å². The highest BCUT2D eigenvalue weighted by Crippen LogP contribution is 2.33. The number of carbonyl (C=O) groups is 1. The van der Waals surface area contributed by atoms with Crippen molar-refractivity contribution in [1.29, 1.82) is 0 Å². The summed E-state index contributed by atoms with van der Waals surface area (Å²) in [7, 11) is 1.86. The third-order valence-electron chi connectivity index (χ3n) is 4.87. The Morgan fingerprint density at radius 3 is 2.83 bits per heavy atom. The van der Waals surface area contributed by atoms with Gasteiger partial charge in [0, 0.05) is 39.4 Å². The van der Waals surface area contributed by atoms with Crippen molar-refractivity contribution in [2.45, 2.75) is 38.9 Å². The molecule has 0 saturated heterocycles. The van der Waals surface area contributed by atoms with Gasteiger partial charge in [-0.05, 0) is 41.5 Å². The van der Waals surface area contributed by atoms with Crippen molar-refractivity contribution >= 4 is 5.91 Å². The van der Waals surface area contributed by atoms with Gasteiger partial charge in [0.05, 0.1) is 12.1 Å². The second-order valence-electron chi connectivity index (χ2n) is 7.15. The summed E-state index contributed by atoms with van der Waals surface area (Å²) >= 11 is 0. The van der Waals surface area contributed by atoms with E-state index < -0.39 is 0 Å². The normalized spacial score (nSPS) is 17.0. The summed E-state index contributed by atoms with van der Waals surface area (Å²) in [6.07, 6.45) is 5.00.